The molecule has 0 bridgehead atoms. The highest BCUT2D eigenvalue weighted by Gasteiger charge is 2.43. The van der Waals surface area contributed by atoms with Gasteiger partial charge in [-0.25, -0.2) is 0 Å². The number of likely N-dealkylation sites (tertiary alicyclic amines) is 1. The van der Waals surface area contributed by atoms with E-state index in [1.54, 1.807) is 0 Å². The molecular formula is C16H24N2O2. The van der Waals surface area contributed by atoms with Gasteiger partial charge in [-0.3, -0.25) is 4.79 Å². The highest BCUT2D eigenvalue weighted by molar-refractivity contribution is 5.77. The van der Waals surface area contributed by atoms with Gasteiger partial charge in [0.25, 0.3) is 0 Å². The highest BCUT2D eigenvalue weighted by atomic mass is 16.5. The number of rotatable bonds is 5. The lowest BCUT2D eigenvalue weighted by Gasteiger charge is -2.50. The van der Waals surface area contributed by atoms with Crippen LogP contribution in [-0.4, -0.2) is 36.0 Å². The van der Waals surface area contributed by atoms with Crippen molar-refractivity contribution in [2.24, 2.45) is 11.7 Å². The summed E-state index contributed by atoms with van der Waals surface area (Å²) in [5.41, 5.74) is 7.14. The molecule has 4 nitrogen and oxygen atoms in total. The molecule has 1 saturated heterocycles. The quantitative estimate of drug-likeness (QED) is 0.894. The number of ether oxygens (including phenoxy) is 1. The van der Waals surface area contributed by atoms with Gasteiger partial charge in [0, 0.05) is 13.1 Å². The number of hydrogen-bond donors (Lipinski definition) is 1. The summed E-state index contributed by atoms with van der Waals surface area (Å²) in [5.74, 6) is 1.34. The number of aryl methyl sites for hydroxylation is 1. The molecular weight excluding hydrogens is 252 g/mol. The van der Waals surface area contributed by atoms with E-state index in [2.05, 4.69) is 13.8 Å². The molecule has 1 aliphatic rings. The smallest absolute Gasteiger partial charge is 0.226 e. The van der Waals surface area contributed by atoms with Gasteiger partial charge in [-0.15, -0.1) is 0 Å². The fourth-order valence-electron chi connectivity index (χ4n) is 2.33. The second-order valence-corrected chi connectivity index (χ2v) is 6.05. The molecule has 1 amide bonds. The molecule has 1 heterocycles. The molecule has 0 radical (unpaired) electrons. The molecule has 0 spiro atoms. The van der Waals surface area contributed by atoms with Crippen molar-refractivity contribution in [2.75, 3.05) is 19.7 Å². The van der Waals surface area contributed by atoms with Crippen LogP contribution in [0.1, 0.15) is 25.8 Å². The Kier molecular flexibility index (Phi) is 4.33. The van der Waals surface area contributed by atoms with E-state index in [1.807, 2.05) is 36.1 Å². The van der Waals surface area contributed by atoms with Crippen LogP contribution >= 0.6 is 0 Å². The summed E-state index contributed by atoms with van der Waals surface area (Å²) >= 11 is 0. The second kappa shape index (κ2) is 5.83. The van der Waals surface area contributed by atoms with Crippen molar-refractivity contribution in [2.45, 2.75) is 32.7 Å². The maximum Gasteiger partial charge on any atom is 0.226 e. The number of hydrogen-bond acceptors (Lipinski definition) is 3. The Hall–Kier alpha value is -1.55. The van der Waals surface area contributed by atoms with Crippen molar-refractivity contribution in [3.63, 3.8) is 0 Å². The highest BCUT2D eigenvalue weighted by Crippen LogP contribution is 2.26. The molecule has 0 saturated carbocycles. The standard InChI is InChI=1S/C16H24N2O2/c1-12(2)16(17)10-18(11-16)15(19)7-8-20-14-6-4-5-13(3)9-14/h4-6,9,12H,7-8,10-11,17H2,1-3H3. The van der Waals surface area contributed by atoms with Gasteiger partial charge in [0.1, 0.15) is 5.75 Å². The largest absolute Gasteiger partial charge is 0.493 e. The number of nitrogens with two attached hydrogens (primary N) is 1. The van der Waals surface area contributed by atoms with Crippen LogP contribution in [0.4, 0.5) is 0 Å². The molecule has 1 aromatic carbocycles. The number of carbonyl (C=O) groups is 1. The van der Waals surface area contributed by atoms with E-state index in [4.69, 9.17) is 10.5 Å². The molecule has 2 N–H and O–H groups in total. The predicted molar refractivity (Wildman–Crippen MR) is 79.6 cm³/mol. The first kappa shape index (κ1) is 14.9. The summed E-state index contributed by atoms with van der Waals surface area (Å²) in [7, 11) is 0. The minimum absolute atomic E-state index is 0.124. The van der Waals surface area contributed by atoms with Crippen LogP contribution in [0.25, 0.3) is 0 Å². The normalized spacial score (nSPS) is 16.9. The Morgan fingerprint density at radius 2 is 2.15 bits per heavy atom. The van der Waals surface area contributed by atoms with Crippen LogP contribution in [0.15, 0.2) is 24.3 Å². The Morgan fingerprint density at radius 1 is 1.45 bits per heavy atom. The Bertz CT molecular complexity index is 479. The van der Waals surface area contributed by atoms with Gasteiger partial charge >= 0.3 is 0 Å². The molecule has 110 valence electrons. The number of carbonyl (C=O) groups excluding carboxylic acids is 1. The third-order valence-electron chi connectivity index (χ3n) is 4.05. The van der Waals surface area contributed by atoms with Gasteiger partial charge in [0.2, 0.25) is 5.91 Å². The van der Waals surface area contributed by atoms with Crippen LogP contribution in [0.5, 0.6) is 5.75 Å². The van der Waals surface area contributed by atoms with E-state index in [-0.39, 0.29) is 11.4 Å². The van der Waals surface area contributed by atoms with Gasteiger partial charge in [-0.2, -0.15) is 0 Å². The maximum absolute atomic E-state index is 12.0. The van der Waals surface area contributed by atoms with Crippen molar-refractivity contribution in [1.29, 1.82) is 0 Å². The summed E-state index contributed by atoms with van der Waals surface area (Å²) in [6.45, 7) is 7.95. The molecule has 1 fully saturated rings. The first-order valence-corrected chi connectivity index (χ1v) is 7.17. The predicted octanol–water partition coefficient (Wildman–Crippen LogP) is 1.96. The summed E-state index contributed by atoms with van der Waals surface area (Å²) in [6.07, 6.45) is 0.405. The molecule has 20 heavy (non-hydrogen) atoms. The third-order valence-corrected chi connectivity index (χ3v) is 4.05. The van der Waals surface area contributed by atoms with E-state index in [9.17, 15) is 4.79 Å². The van der Waals surface area contributed by atoms with Gasteiger partial charge < -0.3 is 15.4 Å². The third kappa shape index (κ3) is 3.31. The molecule has 0 atom stereocenters. The lowest BCUT2D eigenvalue weighted by atomic mass is 9.80. The first-order valence-electron chi connectivity index (χ1n) is 7.17. The van der Waals surface area contributed by atoms with Crippen LogP contribution in [0, 0.1) is 12.8 Å². The van der Waals surface area contributed by atoms with E-state index in [0.29, 0.717) is 32.0 Å². The fraction of sp³-hybridized carbons (Fsp3) is 0.562. The number of amides is 1. The average Bonchev–Trinajstić information content (AvgIpc) is 2.34. The van der Waals surface area contributed by atoms with E-state index in [0.717, 1.165) is 11.3 Å². The zero-order valence-corrected chi connectivity index (χ0v) is 12.6. The van der Waals surface area contributed by atoms with E-state index in [1.165, 1.54) is 0 Å². The molecule has 1 aliphatic heterocycles. The Balaban J connectivity index is 1.72. The topological polar surface area (TPSA) is 55.6 Å². The minimum atomic E-state index is -0.201. The first-order chi connectivity index (χ1) is 9.40. The lowest BCUT2D eigenvalue weighted by molar-refractivity contribution is -0.140. The van der Waals surface area contributed by atoms with Crippen molar-refractivity contribution in [3.05, 3.63) is 29.8 Å². The average molecular weight is 276 g/mol. The summed E-state index contributed by atoms with van der Waals surface area (Å²) in [4.78, 5) is 13.8. The van der Waals surface area contributed by atoms with Gasteiger partial charge in [-0.1, -0.05) is 26.0 Å². The van der Waals surface area contributed by atoms with Crippen LogP contribution in [0.3, 0.4) is 0 Å². The van der Waals surface area contributed by atoms with Crippen LogP contribution < -0.4 is 10.5 Å². The molecule has 1 aromatic rings. The summed E-state index contributed by atoms with van der Waals surface area (Å²) in [6, 6.07) is 7.85. The van der Waals surface area contributed by atoms with E-state index >= 15 is 0 Å². The Morgan fingerprint density at radius 3 is 2.75 bits per heavy atom. The number of nitrogens with zero attached hydrogens (tertiary/aromatic N) is 1. The van der Waals surface area contributed by atoms with Crippen molar-refractivity contribution in [3.8, 4) is 5.75 Å². The lowest BCUT2D eigenvalue weighted by Crippen LogP contribution is -2.71. The summed E-state index contributed by atoms with van der Waals surface area (Å²) in [5, 5.41) is 0. The Labute approximate surface area is 120 Å². The molecule has 0 aromatic heterocycles. The summed E-state index contributed by atoms with van der Waals surface area (Å²) < 4.78 is 5.60. The molecule has 4 heteroatoms. The van der Waals surface area contributed by atoms with E-state index < -0.39 is 0 Å². The molecule has 2 rings (SSSR count). The molecule has 0 unspecified atom stereocenters. The van der Waals surface area contributed by atoms with Gasteiger partial charge in [0.05, 0.1) is 18.6 Å². The van der Waals surface area contributed by atoms with Crippen molar-refractivity contribution >= 4 is 5.91 Å². The zero-order chi connectivity index (χ0) is 14.8. The second-order valence-electron chi connectivity index (χ2n) is 6.05. The monoisotopic (exact) mass is 276 g/mol. The maximum atomic E-state index is 12.0. The zero-order valence-electron chi connectivity index (χ0n) is 12.6. The number of benzene rings is 1. The van der Waals surface area contributed by atoms with Crippen LogP contribution in [-0.2, 0) is 4.79 Å². The van der Waals surface area contributed by atoms with Gasteiger partial charge in [-0.05, 0) is 30.5 Å². The van der Waals surface area contributed by atoms with Crippen LogP contribution in [0.2, 0.25) is 0 Å². The van der Waals surface area contributed by atoms with Gasteiger partial charge in [0.15, 0.2) is 0 Å². The minimum Gasteiger partial charge on any atom is -0.493 e. The SMILES string of the molecule is Cc1cccc(OCCC(=O)N2CC(N)(C(C)C)C2)c1. The van der Waals surface area contributed by atoms with Crippen molar-refractivity contribution < 1.29 is 9.53 Å². The van der Waals surface area contributed by atoms with Crippen molar-refractivity contribution in [1.82, 2.24) is 4.90 Å². The fourth-order valence-corrected chi connectivity index (χ4v) is 2.33. The molecule has 0 aliphatic carbocycles.